The van der Waals surface area contributed by atoms with E-state index >= 15 is 0 Å². The molecular weight excluding hydrogens is 314 g/mol. The van der Waals surface area contributed by atoms with Gasteiger partial charge in [0.25, 0.3) is 0 Å². The third-order valence-corrected chi connectivity index (χ3v) is 4.45. The molecule has 1 fully saturated rings. The van der Waals surface area contributed by atoms with Gasteiger partial charge in [0.1, 0.15) is 6.10 Å². The fourth-order valence-corrected chi connectivity index (χ4v) is 3.06. The summed E-state index contributed by atoms with van der Waals surface area (Å²) in [6, 6.07) is 7.00. The van der Waals surface area contributed by atoms with Crippen molar-refractivity contribution in [2.45, 2.75) is 31.8 Å². The zero-order valence-electron chi connectivity index (χ0n) is 13.3. The average molecular weight is 334 g/mol. The van der Waals surface area contributed by atoms with Crippen LogP contribution in [0.3, 0.4) is 0 Å². The van der Waals surface area contributed by atoms with E-state index in [-0.39, 0.29) is 5.97 Å². The van der Waals surface area contributed by atoms with Crippen molar-refractivity contribution < 1.29 is 14.6 Å². The Labute approximate surface area is 140 Å². The molecular formula is C18H20ClNO3. The van der Waals surface area contributed by atoms with Crippen molar-refractivity contribution in [1.82, 2.24) is 4.57 Å². The molecule has 1 atom stereocenters. The summed E-state index contributed by atoms with van der Waals surface area (Å²) >= 11 is 5.91. The van der Waals surface area contributed by atoms with Crippen LogP contribution in [0.25, 0.3) is 0 Å². The van der Waals surface area contributed by atoms with E-state index in [0.717, 1.165) is 18.4 Å². The van der Waals surface area contributed by atoms with Gasteiger partial charge in [0.15, 0.2) is 0 Å². The highest BCUT2D eigenvalue weighted by atomic mass is 35.5. The smallest absolute Gasteiger partial charge is 0.340 e. The summed E-state index contributed by atoms with van der Waals surface area (Å²) in [6.45, 7) is 2.10. The summed E-state index contributed by atoms with van der Waals surface area (Å²) in [5.41, 5.74) is 2.77. The lowest BCUT2D eigenvalue weighted by molar-refractivity contribution is 0.0519. The first kappa shape index (κ1) is 16.1. The highest BCUT2D eigenvalue weighted by molar-refractivity contribution is 6.30. The van der Waals surface area contributed by atoms with E-state index in [1.807, 2.05) is 17.8 Å². The summed E-state index contributed by atoms with van der Waals surface area (Å²) in [7, 11) is 1.85. The molecule has 1 aromatic carbocycles. The summed E-state index contributed by atoms with van der Waals surface area (Å²) in [5, 5.41) is 11.4. The van der Waals surface area contributed by atoms with Crippen molar-refractivity contribution in [2.24, 2.45) is 7.05 Å². The van der Waals surface area contributed by atoms with E-state index in [9.17, 15) is 9.90 Å². The number of carbonyl (C=O) groups excluding carboxylic acids is 1. The lowest BCUT2D eigenvalue weighted by Gasteiger charge is -2.15. The molecule has 122 valence electrons. The van der Waals surface area contributed by atoms with Crippen molar-refractivity contribution >= 4 is 17.6 Å². The molecule has 1 aliphatic rings. The molecule has 4 nitrogen and oxygen atoms in total. The van der Waals surface area contributed by atoms with Crippen LogP contribution in [0.2, 0.25) is 5.02 Å². The van der Waals surface area contributed by atoms with Gasteiger partial charge in [0, 0.05) is 18.3 Å². The second-order valence-corrected chi connectivity index (χ2v) is 6.34. The number of ether oxygens (including phenoxy) is 1. The number of halogens is 1. The van der Waals surface area contributed by atoms with Crippen molar-refractivity contribution in [3.63, 3.8) is 0 Å². The Hall–Kier alpha value is -1.78. The molecule has 1 saturated carbocycles. The highest BCUT2D eigenvalue weighted by Gasteiger charge is 2.34. The van der Waals surface area contributed by atoms with E-state index < -0.39 is 6.10 Å². The van der Waals surface area contributed by atoms with Crippen LogP contribution in [0.1, 0.15) is 59.0 Å². The van der Waals surface area contributed by atoms with Gasteiger partial charge < -0.3 is 14.4 Å². The number of aliphatic hydroxyl groups is 1. The second kappa shape index (κ2) is 6.38. The van der Waals surface area contributed by atoms with Crippen LogP contribution < -0.4 is 0 Å². The SMILES string of the molecule is CCOC(=O)c1c(C2CC2)cn(C)c1C(O)c1ccc(Cl)cc1. The van der Waals surface area contributed by atoms with E-state index in [1.54, 1.807) is 31.2 Å². The standard InChI is InChI=1S/C18H20ClNO3/c1-3-23-18(22)15-14(11-4-5-11)10-20(2)16(15)17(21)12-6-8-13(19)9-7-12/h6-11,17,21H,3-5H2,1-2H3. The minimum absolute atomic E-state index is 0.314. The van der Waals surface area contributed by atoms with E-state index in [1.165, 1.54) is 0 Å². The van der Waals surface area contributed by atoms with Gasteiger partial charge in [0.05, 0.1) is 17.9 Å². The third kappa shape index (κ3) is 3.14. The maximum absolute atomic E-state index is 12.5. The molecule has 1 heterocycles. The number of benzene rings is 1. The number of hydrogen-bond donors (Lipinski definition) is 1. The predicted octanol–water partition coefficient (Wildman–Crippen LogP) is 3.81. The molecule has 5 heteroatoms. The Morgan fingerprint density at radius 1 is 1.39 bits per heavy atom. The van der Waals surface area contributed by atoms with Crippen LogP contribution in [0, 0.1) is 0 Å². The molecule has 0 amide bonds. The number of aliphatic hydroxyl groups excluding tert-OH is 1. The molecule has 0 bridgehead atoms. The monoisotopic (exact) mass is 333 g/mol. The van der Waals surface area contributed by atoms with Gasteiger partial charge in [-0.2, -0.15) is 0 Å². The van der Waals surface area contributed by atoms with Crippen LogP contribution in [0.4, 0.5) is 0 Å². The van der Waals surface area contributed by atoms with Crippen LogP contribution in [-0.2, 0) is 11.8 Å². The fraction of sp³-hybridized carbons (Fsp3) is 0.389. The van der Waals surface area contributed by atoms with Gasteiger partial charge >= 0.3 is 5.97 Å². The number of nitrogens with zero attached hydrogens (tertiary/aromatic N) is 1. The number of carbonyl (C=O) groups is 1. The minimum Gasteiger partial charge on any atom is -0.462 e. The third-order valence-electron chi connectivity index (χ3n) is 4.20. The Morgan fingerprint density at radius 3 is 2.61 bits per heavy atom. The quantitative estimate of drug-likeness (QED) is 0.846. The van der Waals surface area contributed by atoms with E-state index in [4.69, 9.17) is 16.3 Å². The zero-order chi connectivity index (χ0) is 16.6. The molecule has 1 aromatic heterocycles. The first-order valence-electron chi connectivity index (χ1n) is 7.82. The molecule has 1 N–H and O–H groups in total. The number of esters is 1. The van der Waals surface area contributed by atoms with Crippen LogP contribution >= 0.6 is 11.6 Å². The first-order valence-corrected chi connectivity index (χ1v) is 8.20. The minimum atomic E-state index is -0.899. The summed E-state index contributed by atoms with van der Waals surface area (Å²) in [4.78, 5) is 12.5. The number of aromatic nitrogens is 1. The number of aryl methyl sites for hydroxylation is 1. The molecule has 1 aliphatic carbocycles. The summed E-state index contributed by atoms with van der Waals surface area (Å²) < 4.78 is 7.05. The van der Waals surface area contributed by atoms with Crippen molar-refractivity contribution in [3.8, 4) is 0 Å². The molecule has 2 aromatic rings. The second-order valence-electron chi connectivity index (χ2n) is 5.90. The molecule has 0 spiro atoms. The Balaban J connectivity index is 2.06. The number of rotatable bonds is 5. The Bertz CT molecular complexity index is 717. The van der Waals surface area contributed by atoms with Crippen LogP contribution in [0.5, 0.6) is 0 Å². The largest absolute Gasteiger partial charge is 0.462 e. The fourth-order valence-electron chi connectivity index (χ4n) is 2.93. The molecule has 0 radical (unpaired) electrons. The summed E-state index contributed by atoms with van der Waals surface area (Å²) in [5.74, 6) is 0.0322. The van der Waals surface area contributed by atoms with Gasteiger partial charge in [-0.15, -0.1) is 0 Å². The molecule has 23 heavy (non-hydrogen) atoms. The van der Waals surface area contributed by atoms with Gasteiger partial charge in [-0.05, 0) is 48.9 Å². The first-order chi connectivity index (χ1) is 11.0. The van der Waals surface area contributed by atoms with Gasteiger partial charge in [-0.25, -0.2) is 4.79 Å². The Kier molecular flexibility index (Phi) is 4.46. The maximum Gasteiger partial charge on any atom is 0.340 e. The molecule has 0 saturated heterocycles. The molecule has 0 aliphatic heterocycles. The van der Waals surface area contributed by atoms with Crippen molar-refractivity contribution in [1.29, 1.82) is 0 Å². The average Bonchev–Trinajstić information content (AvgIpc) is 3.30. The predicted molar refractivity (Wildman–Crippen MR) is 88.9 cm³/mol. The zero-order valence-corrected chi connectivity index (χ0v) is 14.0. The Morgan fingerprint density at radius 2 is 2.04 bits per heavy atom. The summed E-state index contributed by atoms with van der Waals surface area (Å²) in [6.07, 6.45) is 3.20. The number of hydrogen-bond acceptors (Lipinski definition) is 3. The highest BCUT2D eigenvalue weighted by Crippen LogP contribution is 2.44. The molecule has 1 unspecified atom stereocenters. The van der Waals surface area contributed by atoms with Gasteiger partial charge in [-0.3, -0.25) is 0 Å². The molecule has 3 rings (SSSR count). The topological polar surface area (TPSA) is 51.5 Å². The van der Waals surface area contributed by atoms with Crippen LogP contribution in [0.15, 0.2) is 30.5 Å². The lowest BCUT2D eigenvalue weighted by atomic mass is 10.00. The van der Waals surface area contributed by atoms with Gasteiger partial charge in [0.2, 0.25) is 0 Å². The van der Waals surface area contributed by atoms with Crippen molar-refractivity contribution in [3.05, 3.63) is 57.9 Å². The van der Waals surface area contributed by atoms with Crippen molar-refractivity contribution in [2.75, 3.05) is 6.61 Å². The van der Waals surface area contributed by atoms with Gasteiger partial charge in [-0.1, -0.05) is 23.7 Å². The normalized spacial score (nSPS) is 15.5. The van der Waals surface area contributed by atoms with Crippen LogP contribution in [-0.4, -0.2) is 22.2 Å². The van der Waals surface area contributed by atoms with E-state index in [2.05, 4.69) is 0 Å². The maximum atomic E-state index is 12.5. The van der Waals surface area contributed by atoms with E-state index in [0.29, 0.717) is 34.4 Å². The lowest BCUT2D eigenvalue weighted by Crippen LogP contribution is -2.14.